The summed E-state index contributed by atoms with van der Waals surface area (Å²) in [6.45, 7) is 8.79. The first kappa shape index (κ1) is 22.4. The molecule has 0 spiro atoms. The maximum atomic E-state index is 6.37. The van der Waals surface area contributed by atoms with Gasteiger partial charge in [0.25, 0.3) is 0 Å². The molecule has 1 aromatic carbocycles. The molecule has 3 nitrogen and oxygen atoms in total. The van der Waals surface area contributed by atoms with E-state index in [-0.39, 0.29) is 0 Å². The standard InChI is InChI=1S/C21H38O3Si/c1-4-7-13-18-22-25(23-19-14-8-5-2,24-20-15-9-6-3)21-16-11-10-12-17-21/h10-12,16-17H,4-9,13-15,18-20H2,1-3H3. The first-order valence-electron chi connectivity index (χ1n) is 10.3. The second-order valence-electron chi connectivity index (χ2n) is 6.59. The molecule has 0 saturated carbocycles. The van der Waals surface area contributed by atoms with Crippen LogP contribution in [0.25, 0.3) is 0 Å². The van der Waals surface area contributed by atoms with Crippen molar-refractivity contribution in [1.29, 1.82) is 0 Å². The van der Waals surface area contributed by atoms with Crippen molar-refractivity contribution in [1.82, 2.24) is 0 Å². The minimum atomic E-state index is -2.82. The van der Waals surface area contributed by atoms with Crippen LogP contribution < -0.4 is 5.19 Å². The number of hydrogen-bond donors (Lipinski definition) is 0. The number of hydrogen-bond acceptors (Lipinski definition) is 3. The summed E-state index contributed by atoms with van der Waals surface area (Å²) in [7, 11) is -2.82. The lowest BCUT2D eigenvalue weighted by Gasteiger charge is -2.30. The summed E-state index contributed by atoms with van der Waals surface area (Å²) in [6, 6.07) is 10.3. The second kappa shape index (κ2) is 14.5. The summed E-state index contributed by atoms with van der Waals surface area (Å²) in [4.78, 5) is 0. The molecular weight excluding hydrogens is 328 g/mol. The summed E-state index contributed by atoms with van der Waals surface area (Å²) in [6.07, 6.45) is 10.3. The first-order valence-corrected chi connectivity index (χ1v) is 12.0. The minimum Gasteiger partial charge on any atom is -0.370 e. The second-order valence-corrected chi connectivity index (χ2v) is 9.14. The Morgan fingerprint density at radius 1 is 0.600 bits per heavy atom. The number of benzene rings is 1. The fraction of sp³-hybridized carbons (Fsp3) is 0.714. The fourth-order valence-electron chi connectivity index (χ4n) is 2.69. The van der Waals surface area contributed by atoms with Gasteiger partial charge in [0.1, 0.15) is 0 Å². The van der Waals surface area contributed by atoms with E-state index in [4.69, 9.17) is 13.3 Å². The Balaban J connectivity index is 2.82. The highest BCUT2D eigenvalue weighted by molar-refractivity contribution is 6.75. The van der Waals surface area contributed by atoms with Crippen molar-refractivity contribution in [3.63, 3.8) is 0 Å². The molecule has 0 aliphatic heterocycles. The summed E-state index contributed by atoms with van der Waals surface area (Å²) >= 11 is 0. The van der Waals surface area contributed by atoms with Crippen LogP contribution in [-0.4, -0.2) is 28.6 Å². The summed E-state index contributed by atoms with van der Waals surface area (Å²) in [5, 5.41) is 1.10. The summed E-state index contributed by atoms with van der Waals surface area (Å²) < 4.78 is 19.1. The Labute approximate surface area is 156 Å². The number of unbranched alkanes of at least 4 members (excludes halogenated alkanes) is 6. The van der Waals surface area contributed by atoms with Crippen LogP contribution in [0.1, 0.15) is 78.6 Å². The lowest BCUT2D eigenvalue weighted by atomic mass is 10.3. The van der Waals surface area contributed by atoms with E-state index in [1.54, 1.807) is 0 Å². The molecule has 1 aromatic rings. The normalized spacial score (nSPS) is 11.8. The molecule has 0 aliphatic rings. The fourth-order valence-corrected chi connectivity index (χ4v) is 5.28. The summed E-state index contributed by atoms with van der Waals surface area (Å²) in [5.41, 5.74) is 0. The highest BCUT2D eigenvalue weighted by atomic mass is 28.4. The Morgan fingerprint density at radius 2 is 1.00 bits per heavy atom. The Bertz CT molecular complexity index is 380. The van der Waals surface area contributed by atoms with Crippen molar-refractivity contribution >= 4 is 14.0 Å². The van der Waals surface area contributed by atoms with Crippen LogP contribution >= 0.6 is 0 Å². The van der Waals surface area contributed by atoms with Gasteiger partial charge in [0, 0.05) is 25.0 Å². The van der Waals surface area contributed by atoms with Gasteiger partial charge in [0.05, 0.1) is 0 Å². The van der Waals surface area contributed by atoms with Gasteiger partial charge in [0.2, 0.25) is 0 Å². The van der Waals surface area contributed by atoms with Gasteiger partial charge in [-0.15, -0.1) is 0 Å². The van der Waals surface area contributed by atoms with E-state index < -0.39 is 8.80 Å². The molecule has 0 heterocycles. The van der Waals surface area contributed by atoms with Gasteiger partial charge < -0.3 is 13.3 Å². The Hall–Kier alpha value is -0.683. The molecule has 25 heavy (non-hydrogen) atoms. The number of rotatable bonds is 16. The molecular formula is C21H38O3Si. The third-order valence-corrected chi connectivity index (χ3v) is 7.04. The average Bonchev–Trinajstić information content (AvgIpc) is 2.66. The van der Waals surface area contributed by atoms with Crippen LogP contribution in [0.3, 0.4) is 0 Å². The molecule has 0 aromatic heterocycles. The predicted octanol–water partition coefficient (Wildman–Crippen LogP) is 5.45. The maximum Gasteiger partial charge on any atom is 0.537 e. The topological polar surface area (TPSA) is 27.7 Å². The zero-order chi connectivity index (χ0) is 18.2. The average molecular weight is 367 g/mol. The van der Waals surface area contributed by atoms with Crippen molar-refractivity contribution in [2.24, 2.45) is 0 Å². The lowest BCUT2D eigenvalue weighted by Crippen LogP contribution is -2.57. The predicted molar refractivity (Wildman–Crippen MR) is 108 cm³/mol. The van der Waals surface area contributed by atoms with E-state index in [0.717, 1.165) is 44.3 Å². The molecule has 4 heteroatoms. The molecule has 144 valence electrons. The van der Waals surface area contributed by atoms with Crippen molar-refractivity contribution in [3.05, 3.63) is 30.3 Å². The molecule has 0 unspecified atom stereocenters. The van der Waals surface area contributed by atoms with E-state index in [9.17, 15) is 0 Å². The van der Waals surface area contributed by atoms with E-state index >= 15 is 0 Å². The van der Waals surface area contributed by atoms with Gasteiger partial charge in [-0.25, -0.2) is 0 Å². The van der Waals surface area contributed by atoms with Gasteiger partial charge in [-0.2, -0.15) is 0 Å². The van der Waals surface area contributed by atoms with E-state index in [1.807, 2.05) is 6.07 Å². The molecule has 0 amide bonds. The van der Waals surface area contributed by atoms with E-state index in [1.165, 1.54) is 38.5 Å². The minimum absolute atomic E-state index is 0.719. The lowest BCUT2D eigenvalue weighted by molar-refractivity contribution is 0.0691. The Morgan fingerprint density at radius 3 is 1.36 bits per heavy atom. The van der Waals surface area contributed by atoms with Gasteiger partial charge in [-0.1, -0.05) is 89.6 Å². The van der Waals surface area contributed by atoms with Gasteiger partial charge in [0.15, 0.2) is 0 Å². The van der Waals surface area contributed by atoms with Gasteiger partial charge in [-0.05, 0) is 19.3 Å². The molecule has 0 bridgehead atoms. The third-order valence-electron chi connectivity index (χ3n) is 4.25. The molecule has 0 atom stereocenters. The van der Waals surface area contributed by atoms with Crippen LogP contribution in [-0.2, 0) is 13.3 Å². The smallest absolute Gasteiger partial charge is 0.370 e. The maximum absolute atomic E-state index is 6.37. The third kappa shape index (κ3) is 9.00. The highest BCUT2D eigenvalue weighted by Gasteiger charge is 2.43. The van der Waals surface area contributed by atoms with E-state index in [2.05, 4.69) is 45.0 Å². The molecule has 1 rings (SSSR count). The van der Waals surface area contributed by atoms with Crippen LogP contribution in [0.2, 0.25) is 0 Å². The SMILES string of the molecule is CCCCCO[Si](OCCCCC)(OCCCCC)c1ccccc1. The largest absolute Gasteiger partial charge is 0.537 e. The van der Waals surface area contributed by atoms with Gasteiger partial charge in [-0.3, -0.25) is 0 Å². The van der Waals surface area contributed by atoms with E-state index in [0.29, 0.717) is 0 Å². The van der Waals surface area contributed by atoms with Crippen molar-refractivity contribution in [3.8, 4) is 0 Å². The molecule has 0 fully saturated rings. The Kier molecular flexibility index (Phi) is 13.0. The van der Waals surface area contributed by atoms with Gasteiger partial charge >= 0.3 is 8.80 Å². The molecule has 0 radical (unpaired) electrons. The highest BCUT2D eigenvalue weighted by Crippen LogP contribution is 2.15. The molecule has 0 N–H and O–H groups in total. The van der Waals surface area contributed by atoms with Crippen LogP contribution in [0, 0.1) is 0 Å². The quantitative estimate of drug-likeness (QED) is 0.287. The van der Waals surface area contributed by atoms with Crippen molar-refractivity contribution < 1.29 is 13.3 Å². The first-order chi connectivity index (χ1) is 12.3. The van der Waals surface area contributed by atoms with Crippen LogP contribution in [0.5, 0.6) is 0 Å². The zero-order valence-corrected chi connectivity index (χ0v) is 17.6. The van der Waals surface area contributed by atoms with Crippen LogP contribution in [0.15, 0.2) is 30.3 Å². The van der Waals surface area contributed by atoms with Crippen molar-refractivity contribution in [2.75, 3.05) is 19.8 Å². The van der Waals surface area contributed by atoms with Crippen LogP contribution in [0.4, 0.5) is 0 Å². The zero-order valence-electron chi connectivity index (χ0n) is 16.6. The summed E-state index contributed by atoms with van der Waals surface area (Å²) in [5.74, 6) is 0. The molecule has 0 aliphatic carbocycles. The monoisotopic (exact) mass is 366 g/mol. The van der Waals surface area contributed by atoms with Crippen molar-refractivity contribution in [2.45, 2.75) is 78.6 Å². The molecule has 0 saturated heterocycles.